The van der Waals surface area contributed by atoms with Crippen LogP contribution in [-0.4, -0.2) is 111 Å². The minimum Gasteiger partial charge on any atom is -0.379 e. The number of hydrogen-bond acceptors (Lipinski definition) is 9. The van der Waals surface area contributed by atoms with E-state index in [1.807, 2.05) is 20.8 Å². The molecule has 0 aromatic carbocycles. The van der Waals surface area contributed by atoms with Crippen LogP contribution in [0, 0.1) is 17.8 Å². The summed E-state index contributed by atoms with van der Waals surface area (Å²) < 4.78 is 42.9. The highest BCUT2D eigenvalue weighted by Crippen LogP contribution is 2.16. The Balaban J connectivity index is 3.09. The van der Waals surface area contributed by atoms with Crippen molar-refractivity contribution < 1.29 is 42.7 Å². The van der Waals surface area contributed by atoms with Gasteiger partial charge >= 0.3 is 0 Å². The summed E-state index contributed by atoms with van der Waals surface area (Å²) in [5, 5.41) is 0. The Bertz CT molecular complexity index is 472. The monoisotopic (exact) mass is 476 g/mol. The number of rotatable bonds is 25. The molecule has 0 saturated heterocycles. The molecule has 0 rings (SSSR count). The summed E-state index contributed by atoms with van der Waals surface area (Å²) in [6.45, 7) is 13.5. The van der Waals surface area contributed by atoms with Gasteiger partial charge in [0.1, 0.15) is 12.4 Å². The molecule has 194 valence electrons. The number of terminal acetylenes is 1. The average molecular weight is 477 g/mol. The second kappa shape index (κ2) is 24.0. The first-order valence-electron chi connectivity index (χ1n) is 11.6. The molecule has 0 atom stereocenters. The zero-order chi connectivity index (χ0) is 24.5. The lowest BCUT2D eigenvalue weighted by atomic mass is 9.89. The molecule has 9 heteroatoms. The van der Waals surface area contributed by atoms with Gasteiger partial charge in [-0.2, -0.15) is 0 Å². The molecule has 0 spiro atoms. The van der Waals surface area contributed by atoms with E-state index in [0.29, 0.717) is 112 Å². The minimum absolute atomic E-state index is 0.205. The van der Waals surface area contributed by atoms with Gasteiger partial charge in [0.2, 0.25) is 0 Å². The Morgan fingerprint density at radius 3 is 1.09 bits per heavy atom. The SMILES string of the molecule is C#CCOCCOCCOCCOCCOCCOCCOCCOCCC(=O)C(C)(C)C. The number of carbonyl (C=O) groups is 1. The van der Waals surface area contributed by atoms with Crippen molar-refractivity contribution in [2.45, 2.75) is 27.2 Å². The zero-order valence-corrected chi connectivity index (χ0v) is 20.8. The first kappa shape index (κ1) is 31.9. The van der Waals surface area contributed by atoms with Crippen LogP contribution in [0.2, 0.25) is 0 Å². The van der Waals surface area contributed by atoms with Crippen molar-refractivity contribution in [3.63, 3.8) is 0 Å². The van der Waals surface area contributed by atoms with Gasteiger partial charge in [0.05, 0.1) is 99.1 Å². The maximum atomic E-state index is 11.7. The Hall–Kier alpha value is -1.09. The quantitative estimate of drug-likeness (QED) is 0.144. The molecule has 0 aliphatic rings. The van der Waals surface area contributed by atoms with Gasteiger partial charge in [0.25, 0.3) is 0 Å². The van der Waals surface area contributed by atoms with Crippen LogP contribution in [0.3, 0.4) is 0 Å². The van der Waals surface area contributed by atoms with Crippen molar-refractivity contribution in [1.82, 2.24) is 0 Å². The number of carbonyl (C=O) groups excluding carboxylic acids is 1. The van der Waals surface area contributed by atoms with Crippen molar-refractivity contribution in [3.8, 4) is 12.3 Å². The van der Waals surface area contributed by atoms with Crippen LogP contribution in [0.4, 0.5) is 0 Å². The van der Waals surface area contributed by atoms with Gasteiger partial charge in [-0.1, -0.05) is 26.7 Å². The summed E-state index contributed by atoms with van der Waals surface area (Å²) in [4.78, 5) is 11.7. The van der Waals surface area contributed by atoms with Crippen LogP contribution < -0.4 is 0 Å². The summed E-state index contributed by atoms with van der Waals surface area (Å²) >= 11 is 0. The van der Waals surface area contributed by atoms with Crippen LogP contribution in [0.15, 0.2) is 0 Å². The van der Waals surface area contributed by atoms with E-state index in [-0.39, 0.29) is 11.2 Å². The van der Waals surface area contributed by atoms with Gasteiger partial charge < -0.3 is 37.9 Å². The molecule has 0 unspecified atom stereocenters. The van der Waals surface area contributed by atoms with E-state index in [1.54, 1.807) is 0 Å². The van der Waals surface area contributed by atoms with Crippen molar-refractivity contribution in [3.05, 3.63) is 0 Å². The Morgan fingerprint density at radius 2 is 0.818 bits per heavy atom. The topological polar surface area (TPSA) is 90.9 Å². The summed E-state index contributed by atoms with van der Waals surface area (Å²) in [6.07, 6.45) is 5.50. The maximum absolute atomic E-state index is 11.7. The number of hydrogen-bond donors (Lipinski definition) is 0. The molecule has 0 aromatic heterocycles. The number of Topliss-reactive ketones (excluding diaryl/α,β-unsaturated/α-hetero) is 1. The third kappa shape index (κ3) is 25.4. The lowest BCUT2D eigenvalue weighted by molar-refractivity contribution is -0.127. The van der Waals surface area contributed by atoms with Gasteiger partial charge in [-0.05, 0) is 0 Å². The molecule has 0 bridgehead atoms. The van der Waals surface area contributed by atoms with Crippen molar-refractivity contribution >= 4 is 5.78 Å². The summed E-state index contributed by atoms with van der Waals surface area (Å²) in [7, 11) is 0. The van der Waals surface area contributed by atoms with Crippen LogP contribution >= 0.6 is 0 Å². The number of ether oxygens (including phenoxy) is 8. The first-order chi connectivity index (χ1) is 16.0. The fourth-order valence-electron chi connectivity index (χ4n) is 2.21. The van der Waals surface area contributed by atoms with Gasteiger partial charge in [0.15, 0.2) is 0 Å². The third-order valence-corrected chi connectivity index (χ3v) is 4.10. The normalized spacial score (nSPS) is 11.6. The predicted molar refractivity (Wildman–Crippen MR) is 124 cm³/mol. The fourth-order valence-corrected chi connectivity index (χ4v) is 2.21. The van der Waals surface area contributed by atoms with Gasteiger partial charge in [-0.25, -0.2) is 0 Å². The standard InChI is InChI=1S/C24H44O9/c1-5-7-26-9-11-28-13-15-30-17-19-32-21-22-33-20-18-31-16-14-29-12-10-27-8-6-23(25)24(2,3)4/h1H,6-22H2,2-4H3. The van der Waals surface area contributed by atoms with E-state index in [4.69, 9.17) is 44.3 Å². The van der Waals surface area contributed by atoms with Crippen molar-refractivity contribution in [2.24, 2.45) is 5.41 Å². The van der Waals surface area contributed by atoms with E-state index in [9.17, 15) is 4.79 Å². The van der Waals surface area contributed by atoms with E-state index < -0.39 is 0 Å². The van der Waals surface area contributed by atoms with Crippen molar-refractivity contribution in [1.29, 1.82) is 0 Å². The van der Waals surface area contributed by atoms with E-state index in [0.717, 1.165) is 0 Å². The minimum atomic E-state index is -0.307. The number of ketones is 1. The van der Waals surface area contributed by atoms with Crippen LogP contribution in [0.5, 0.6) is 0 Å². The van der Waals surface area contributed by atoms with E-state index in [2.05, 4.69) is 5.92 Å². The molecule has 0 aromatic rings. The molecule has 0 radical (unpaired) electrons. The summed E-state index contributed by atoms with van der Waals surface area (Å²) in [5.74, 6) is 2.60. The first-order valence-corrected chi connectivity index (χ1v) is 11.6. The second-order valence-electron chi connectivity index (χ2n) is 7.97. The molecule has 0 fully saturated rings. The van der Waals surface area contributed by atoms with Crippen LogP contribution in [0.1, 0.15) is 27.2 Å². The summed E-state index contributed by atoms with van der Waals surface area (Å²) in [6, 6.07) is 0. The molecular weight excluding hydrogens is 432 g/mol. The summed E-state index contributed by atoms with van der Waals surface area (Å²) in [5.41, 5.74) is -0.307. The van der Waals surface area contributed by atoms with Crippen LogP contribution in [0.25, 0.3) is 0 Å². The highest BCUT2D eigenvalue weighted by atomic mass is 16.6. The molecule has 33 heavy (non-hydrogen) atoms. The van der Waals surface area contributed by atoms with Gasteiger partial charge in [-0.3, -0.25) is 4.79 Å². The predicted octanol–water partition coefficient (Wildman–Crippen LogP) is 1.76. The molecule has 9 nitrogen and oxygen atoms in total. The average Bonchev–Trinajstić information content (AvgIpc) is 2.78. The smallest absolute Gasteiger partial charge is 0.140 e. The van der Waals surface area contributed by atoms with Crippen molar-refractivity contribution in [2.75, 3.05) is 106 Å². The molecule has 0 amide bonds. The third-order valence-electron chi connectivity index (χ3n) is 4.10. The fraction of sp³-hybridized carbons (Fsp3) is 0.875. The lowest BCUT2D eigenvalue weighted by Crippen LogP contribution is -2.22. The Morgan fingerprint density at radius 1 is 0.545 bits per heavy atom. The molecular formula is C24H44O9. The van der Waals surface area contributed by atoms with Gasteiger partial charge in [0, 0.05) is 11.8 Å². The largest absolute Gasteiger partial charge is 0.379 e. The molecule has 0 aliphatic heterocycles. The highest BCUT2D eigenvalue weighted by Gasteiger charge is 2.20. The molecule has 0 N–H and O–H groups in total. The van der Waals surface area contributed by atoms with Crippen LogP contribution in [-0.2, 0) is 42.7 Å². The zero-order valence-electron chi connectivity index (χ0n) is 20.8. The Labute approximate surface area is 199 Å². The lowest BCUT2D eigenvalue weighted by Gasteiger charge is -2.16. The van der Waals surface area contributed by atoms with E-state index in [1.165, 1.54) is 0 Å². The maximum Gasteiger partial charge on any atom is 0.140 e. The Kier molecular flexibility index (Phi) is 23.3. The van der Waals surface area contributed by atoms with Gasteiger partial charge in [-0.15, -0.1) is 6.42 Å². The van der Waals surface area contributed by atoms with E-state index >= 15 is 0 Å². The molecule has 0 heterocycles. The second-order valence-corrected chi connectivity index (χ2v) is 7.97. The molecule has 0 saturated carbocycles. The molecule has 0 aliphatic carbocycles. The highest BCUT2D eigenvalue weighted by molar-refractivity contribution is 5.83.